The first kappa shape index (κ1) is 18.9. The van der Waals surface area contributed by atoms with E-state index in [1.165, 1.54) is 18.2 Å². The van der Waals surface area contributed by atoms with Gasteiger partial charge in [-0.1, -0.05) is 26.8 Å². The second-order valence-electron chi connectivity index (χ2n) is 7.72. The van der Waals surface area contributed by atoms with Crippen LogP contribution in [0.4, 0.5) is 4.39 Å². The van der Waals surface area contributed by atoms with Crippen LogP contribution in [0, 0.1) is 5.82 Å². The lowest BCUT2D eigenvalue weighted by Crippen LogP contribution is -2.41. The van der Waals surface area contributed by atoms with Gasteiger partial charge >= 0.3 is 5.97 Å². The molecule has 1 aliphatic rings. The Balaban J connectivity index is 2.36. The predicted octanol–water partition coefficient (Wildman–Crippen LogP) is 5.24. The number of halogens is 1. The van der Waals surface area contributed by atoms with Gasteiger partial charge in [0.15, 0.2) is 8.32 Å². The Hall–Kier alpha value is -1.46. The molecule has 24 heavy (non-hydrogen) atoms. The second kappa shape index (κ2) is 6.80. The van der Waals surface area contributed by atoms with Crippen LogP contribution in [0.2, 0.25) is 18.1 Å². The fourth-order valence-corrected chi connectivity index (χ4v) is 3.88. The molecule has 0 aliphatic heterocycles. The van der Waals surface area contributed by atoms with Crippen LogP contribution >= 0.6 is 0 Å². The summed E-state index contributed by atoms with van der Waals surface area (Å²) >= 11 is 0. The van der Waals surface area contributed by atoms with Crippen LogP contribution in [0.3, 0.4) is 0 Å². The van der Waals surface area contributed by atoms with Crippen molar-refractivity contribution < 1.29 is 18.3 Å². The van der Waals surface area contributed by atoms with E-state index >= 15 is 0 Å². The van der Waals surface area contributed by atoms with Gasteiger partial charge in [0.2, 0.25) is 0 Å². The standard InChI is InChI=1S/C19H27FO3Si/c1-7-22-18(21)11-13-10-17(23-24(5,6)19(2,3)4)15-9-8-14(20)12-16(13)15/h8-9,11-12,17H,7,10H2,1-6H3. The number of benzene rings is 1. The van der Waals surface area contributed by atoms with Crippen LogP contribution in [-0.4, -0.2) is 20.9 Å². The van der Waals surface area contributed by atoms with Gasteiger partial charge in [-0.3, -0.25) is 0 Å². The highest BCUT2D eigenvalue weighted by atomic mass is 28.4. The van der Waals surface area contributed by atoms with Crippen molar-refractivity contribution in [2.45, 2.75) is 58.4 Å². The highest BCUT2D eigenvalue weighted by Crippen LogP contribution is 2.47. The molecule has 1 atom stereocenters. The first-order chi connectivity index (χ1) is 11.0. The molecule has 3 nitrogen and oxygen atoms in total. The summed E-state index contributed by atoms with van der Waals surface area (Å²) < 4.78 is 25.2. The fraction of sp³-hybridized carbons (Fsp3) is 0.526. The summed E-state index contributed by atoms with van der Waals surface area (Å²) in [4.78, 5) is 11.8. The van der Waals surface area contributed by atoms with E-state index in [1.807, 2.05) is 0 Å². The van der Waals surface area contributed by atoms with E-state index in [1.54, 1.807) is 13.0 Å². The monoisotopic (exact) mass is 350 g/mol. The number of fused-ring (bicyclic) bond motifs is 1. The first-order valence-electron chi connectivity index (χ1n) is 8.40. The number of carbonyl (C=O) groups excluding carboxylic acids is 1. The van der Waals surface area contributed by atoms with Crippen LogP contribution in [0.5, 0.6) is 0 Å². The third-order valence-corrected chi connectivity index (χ3v) is 9.42. The van der Waals surface area contributed by atoms with Crippen molar-refractivity contribution in [3.8, 4) is 0 Å². The van der Waals surface area contributed by atoms with Crippen molar-refractivity contribution >= 4 is 19.9 Å². The Morgan fingerprint density at radius 1 is 1.38 bits per heavy atom. The average molecular weight is 351 g/mol. The number of rotatable bonds is 4. The summed E-state index contributed by atoms with van der Waals surface area (Å²) in [5.74, 6) is -0.702. The number of hydrogen-bond donors (Lipinski definition) is 0. The Morgan fingerprint density at radius 3 is 2.62 bits per heavy atom. The van der Waals surface area contributed by atoms with Crippen LogP contribution in [0.1, 0.15) is 51.3 Å². The SMILES string of the molecule is CCOC(=O)C=C1CC(O[Si](C)(C)C(C)(C)C)c2ccc(F)cc21. The number of ether oxygens (including phenoxy) is 1. The molecule has 0 aromatic heterocycles. The van der Waals surface area contributed by atoms with E-state index in [2.05, 4.69) is 33.9 Å². The third-order valence-electron chi connectivity index (χ3n) is 4.94. The van der Waals surface area contributed by atoms with Crippen molar-refractivity contribution in [2.24, 2.45) is 0 Å². The molecule has 1 aromatic rings. The van der Waals surface area contributed by atoms with Crippen LogP contribution in [-0.2, 0) is 14.0 Å². The number of esters is 1. The van der Waals surface area contributed by atoms with Crippen LogP contribution in [0.25, 0.3) is 5.57 Å². The lowest BCUT2D eigenvalue weighted by Gasteiger charge is -2.38. The Labute approximate surface area is 145 Å². The molecule has 5 heteroatoms. The van der Waals surface area contributed by atoms with E-state index in [4.69, 9.17) is 9.16 Å². The molecule has 132 valence electrons. The normalized spacial score (nSPS) is 19.5. The quantitative estimate of drug-likeness (QED) is 0.423. The average Bonchev–Trinajstić information content (AvgIpc) is 2.74. The van der Waals surface area contributed by atoms with Gasteiger partial charge in [-0.2, -0.15) is 0 Å². The maximum absolute atomic E-state index is 13.7. The van der Waals surface area contributed by atoms with Gasteiger partial charge in [0.25, 0.3) is 0 Å². The molecule has 0 fully saturated rings. The van der Waals surface area contributed by atoms with Gasteiger partial charge in [0, 0.05) is 12.5 Å². The van der Waals surface area contributed by atoms with E-state index in [0.29, 0.717) is 13.0 Å². The molecular formula is C19H27FO3Si. The smallest absolute Gasteiger partial charge is 0.331 e. The van der Waals surface area contributed by atoms with Crippen molar-refractivity contribution in [3.05, 3.63) is 41.2 Å². The highest BCUT2D eigenvalue weighted by Gasteiger charge is 2.41. The zero-order valence-electron chi connectivity index (χ0n) is 15.4. The Morgan fingerprint density at radius 2 is 2.04 bits per heavy atom. The largest absolute Gasteiger partial charge is 0.463 e. The maximum atomic E-state index is 13.7. The minimum Gasteiger partial charge on any atom is -0.463 e. The Bertz CT molecular complexity index is 659. The molecule has 2 rings (SSSR count). The molecule has 0 bridgehead atoms. The summed E-state index contributed by atoms with van der Waals surface area (Å²) in [5.41, 5.74) is 2.50. The minimum absolute atomic E-state index is 0.0841. The molecule has 0 N–H and O–H groups in total. The molecule has 0 spiro atoms. The van der Waals surface area contributed by atoms with Gasteiger partial charge in [-0.15, -0.1) is 0 Å². The molecule has 0 saturated carbocycles. The van der Waals surface area contributed by atoms with Gasteiger partial charge < -0.3 is 9.16 Å². The van der Waals surface area contributed by atoms with Crippen molar-refractivity contribution in [1.82, 2.24) is 0 Å². The highest BCUT2D eigenvalue weighted by molar-refractivity contribution is 6.74. The summed E-state index contributed by atoms with van der Waals surface area (Å²) in [7, 11) is -1.97. The van der Waals surface area contributed by atoms with Gasteiger partial charge in [0.1, 0.15) is 5.82 Å². The van der Waals surface area contributed by atoms with Crippen molar-refractivity contribution in [2.75, 3.05) is 6.61 Å². The zero-order valence-corrected chi connectivity index (χ0v) is 16.4. The fourth-order valence-electron chi connectivity index (χ4n) is 2.61. The predicted molar refractivity (Wildman–Crippen MR) is 96.7 cm³/mol. The lowest BCUT2D eigenvalue weighted by molar-refractivity contribution is -0.137. The van der Waals surface area contributed by atoms with E-state index in [0.717, 1.165) is 16.7 Å². The number of hydrogen-bond acceptors (Lipinski definition) is 3. The lowest BCUT2D eigenvalue weighted by atomic mass is 10.1. The zero-order chi connectivity index (χ0) is 18.1. The maximum Gasteiger partial charge on any atom is 0.331 e. The molecule has 0 radical (unpaired) electrons. The number of carbonyl (C=O) groups is 1. The molecule has 0 amide bonds. The molecule has 1 aromatic carbocycles. The summed E-state index contributed by atoms with van der Waals surface area (Å²) in [6.45, 7) is 13.1. The minimum atomic E-state index is -1.97. The van der Waals surface area contributed by atoms with Crippen molar-refractivity contribution in [1.29, 1.82) is 0 Å². The molecule has 0 saturated heterocycles. The van der Waals surface area contributed by atoms with Crippen LogP contribution in [0.15, 0.2) is 24.3 Å². The summed E-state index contributed by atoms with van der Waals surface area (Å²) in [5, 5.41) is 0.0841. The van der Waals surface area contributed by atoms with Crippen molar-refractivity contribution in [3.63, 3.8) is 0 Å². The Kier molecular flexibility index (Phi) is 5.35. The molecule has 1 unspecified atom stereocenters. The molecular weight excluding hydrogens is 323 g/mol. The third kappa shape index (κ3) is 3.95. The van der Waals surface area contributed by atoms with Gasteiger partial charge in [0.05, 0.1) is 12.7 Å². The van der Waals surface area contributed by atoms with Crippen LogP contribution < -0.4 is 0 Å². The van der Waals surface area contributed by atoms with Gasteiger partial charge in [-0.05, 0) is 53.9 Å². The summed E-state index contributed by atoms with van der Waals surface area (Å²) in [6, 6.07) is 4.71. The van der Waals surface area contributed by atoms with E-state index in [-0.39, 0.29) is 17.0 Å². The summed E-state index contributed by atoms with van der Waals surface area (Å²) in [6.07, 6.45) is 1.91. The molecule has 0 heterocycles. The second-order valence-corrected chi connectivity index (χ2v) is 12.5. The van der Waals surface area contributed by atoms with E-state index < -0.39 is 14.3 Å². The van der Waals surface area contributed by atoms with E-state index in [9.17, 15) is 9.18 Å². The molecule has 1 aliphatic carbocycles. The first-order valence-corrected chi connectivity index (χ1v) is 11.3. The van der Waals surface area contributed by atoms with Gasteiger partial charge in [-0.25, -0.2) is 9.18 Å². The topological polar surface area (TPSA) is 35.5 Å².